The molecule has 0 aromatic heterocycles. The van der Waals surface area contributed by atoms with Crippen molar-refractivity contribution in [1.82, 2.24) is 10.1 Å². The molecule has 2 aliphatic rings. The molecule has 2 fully saturated rings. The molecule has 0 radical (unpaired) electrons. The molecule has 6 nitrogen and oxygen atoms in total. The van der Waals surface area contributed by atoms with Gasteiger partial charge in [-0.1, -0.05) is 0 Å². The summed E-state index contributed by atoms with van der Waals surface area (Å²) in [6.45, 7) is 24.5. The summed E-state index contributed by atoms with van der Waals surface area (Å²) in [4.78, 5) is 0. The topological polar surface area (TPSA) is 65.4 Å². The Morgan fingerprint density at radius 3 is 1.34 bits per heavy atom. The molecule has 0 saturated carbocycles. The summed E-state index contributed by atoms with van der Waals surface area (Å²) in [5.74, 6) is 0. The van der Waals surface area contributed by atoms with Crippen molar-refractivity contribution in [2.45, 2.75) is 149 Å². The van der Waals surface area contributed by atoms with Crippen molar-refractivity contribution >= 4 is 0 Å². The van der Waals surface area contributed by atoms with Crippen molar-refractivity contribution in [2.24, 2.45) is 0 Å². The largest absolute Gasteiger partial charge is 0.375 e. The van der Waals surface area contributed by atoms with Gasteiger partial charge in [0, 0.05) is 16.6 Å². The molecule has 0 aromatic rings. The second kappa shape index (κ2) is 9.09. The third-order valence-electron chi connectivity index (χ3n) is 6.09. The van der Waals surface area contributed by atoms with Gasteiger partial charge < -0.3 is 19.9 Å². The molecule has 2 aliphatic heterocycles. The molecule has 0 aromatic carbocycles. The Hall–Kier alpha value is -0.240. The molecule has 2 saturated heterocycles. The molecule has 0 amide bonds. The fourth-order valence-corrected chi connectivity index (χ4v) is 4.91. The second-order valence-corrected chi connectivity index (χ2v) is 11.8. The van der Waals surface area contributed by atoms with Crippen LogP contribution in [0.5, 0.6) is 0 Å². The van der Waals surface area contributed by atoms with E-state index in [1.54, 1.807) is 0 Å². The SMILES string of the molecule is CC(C)OC1CC(C)(C)N(O)C(C)(C)C1.CC(C)OC1CC(C)(C)N(O)C1(C)C. The third-order valence-corrected chi connectivity index (χ3v) is 6.09. The van der Waals surface area contributed by atoms with Gasteiger partial charge in [0.1, 0.15) is 0 Å². The highest BCUT2D eigenvalue weighted by atomic mass is 16.5. The van der Waals surface area contributed by atoms with Gasteiger partial charge in [-0.3, -0.25) is 0 Å². The van der Waals surface area contributed by atoms with Crippen LogP contribution in [0.25, 0.3) is 0 Å². The summed E-state index contributed by atoms with van der Waals surface area (Å²) >= 11 is 0. The van der Waals surface area contributed by atoms with Crippen molar-refractivity contribution in [3.63, 3.8) is 0 Å². The Morgan fingerprint density at radius 1 is 0.655 bits per heavy atom. The van der Waals surface area contributed by atoms with Crippen molar-refractivity contribution < 1.29 is 19.9 Å². The van der Waals surface area contributed by atoms with Crippen LogP contribution in [0.3, 0.4) is 0 Å². The number of piperidine rings is 1. The van der Waals surface area contributed by atoms with Crippen molar-refractivity contribution in [3.8, 4) is 0 Å². The van der Waals surface area contributed by atoms with Crippen LogP contribution in [0.15, 0.2) is 0 Å². The standard InChI is InChI=1S/C12H25NO2.C11H23NO2/c1-9(2)15-10-7-11(3,4)13(14)12(5,6)8-10;1-8(2)14-9-7-10(3,4)12(13)11(9,5)6/h9-10,14H,7-8H2,1-6H3;8-9,13H,7H2,1-6H3. The zero-order valence-electron chi connectivity index (χ0n) is 21.0. The van der Waals surface area contributed by atoms with Crippen LogP contribution in [-0.4, -0.2) is 67.1 Å². The first-order valence-electron chi connectivity index (χ1n) is 11.1. The summed E-state index contributed by atoms with van der Waals surface area (Å²) in [5.41, 5.74) is -0.903. The van der Waals surface area contributed by atoms with Gasteiger partial charge in [-0.15, -0.1) is 0 Å². The van der Waals surface area contributed by atoms with E-state index < -0.39 is 0 Å². The van der Waals surface area contributed by atoms with E-state index in [-0.39, 0.29) is 46.6 Å². The lowest BCUT2D eigenvalue weighted by atomic mass is 9.80. The Labute approximate surface area is 179 Å². The Morgan fingerprint density at radius 2 is 1.03 bits per heavy atom. The van der Waals surface area contributed by atoms with Gasteiger partial charge in [0.25, 0.3) is 0 Å². The zero-order chi connectivity index (χ0) is 23.0. The molecule has 1 atom stereocenters. The number of rotatable bonds is 4. The average molecular weight is 417 g/mol. The average Bonchev–Trinajstić information content (AvgIpc) is 2.63. The summed E-state index contributed by atoms with van der Waals surface area (Å²) in [6, 6.07) is 0. The van der Waals surface area contributed by atoms with E-state index in [4.69, 9.17) is 9.47 Å². The Balaban J connectivity index is 0.000000291. The van der Waals surface area contributed by atoms with E-state index in [1.807, 2.05) is 41.5 Å². The fraction of sp³-hybridized carbons (Fsp3) is 1.00. The normalized spacial score (nSPS) is 29.2. The highest BCUT2D eigenvalue weighted by Crippen LogP contribution is 2.41. The monoisotopic (exact) mass is 416 g/mol. The summed E-state index contributed by atoms with van der Waals surface area (Å²) in [5, 5.41) is 23.0. The van der Waals surface area contributed by atoms with Crippen LogP contribution in [0.2, 0.25) is 0 Å². The summed E-state index contributed by atoms with van der Waals surface area (Å²) < 4.78 is 11.7. The molecule has 1 unspecified atom stereocenters. The minimum absolute atomic E-state index is 0.0995. The van der Waals surface area contributed by atoms with Crippen molar-refractivity contribution in [1.29, 1.82) is 0 Å². The first-order chi connectivity index (χ1) is 12.8. The van der Waals surface area contributed by atoms with Gasteiger partial charge >= 0.3 is 0 Å². The molecular formula is C23H48N2O4. The maximum absolute atomic E-state index is 10.1. The van der Waals surface area contributed by atoms with Gasteiger partial charge in [0.2, 0.25) is 0 Å². The molecule has 29 heavy (non-hydrogen) atoms. The quantitative estimate of drug-likeness (QED) is 0.652. The molecule has 2 N–H and O–H groups in total. The maximum atomic E-state index is 10.1. The van der Waals surface area contributed by atoms with Crippen molar-refractivity contribution in [3.05, 3.63) is 0 Å². The number of hydrogen-bond acceptors (Lipinski definition) is 6. The molecule has 6 heteroatoms. The molecule has 0 aliphatic carbocycles. The highest BCUT2D eigenvalue weighted by molar-refractivity contribution is 5.03. The lowest BCUT2D eigenvalue weighted by Crippen LogP contribution is -2.60. The smallest absolute Gasteiger partial charge is 0.0798 e. The van der Waals surface area contributed by atoms with Crippen molar-refractivity contribution in [2.75, 3.05) is 0 Å². The Kier molecular flexibility index (Phi) is 8.40. The van der Waals surface area contributed by atoms with Crippen LogP contribution in [0, 0.1) is 0 Å². The number of hydrogen-bond donors (Lipinski definition) is 2. The van der Waals surface area contributed by atoms with Crippen LogP contribution in [-0.2, 0) is 9.47 Å². The lowest BCUT2D eigenvalue weighted by molar-refractivity contribution is -0.263. The molecule has 174 valence electrons. The van der Waals surface area contributed by atoms with Gasteiger partial charge in [-0.25, -0.2) is 0 Å². The van der Waals surface area contributed by atoms with E-state index in [0.29, 0.717) is 0 Å². The molecule has 2 rings (SSSR count). The first kappa shape index (κ1) is 26.8. The van der Waals surface area contributed by atoms with Gasteiger partial charge in [0.15, 0.2) is 0 Å². The van der Waals surface area contributed by atoms with Crippen LogP contribution in [0.4, 0.5) is 0 Å². The van der Waals surface area contributed by atoms with E-state index in [1.165, 1.54) is 10.1 Å². The minimum atomic E-state index is -0.298. The van der Waals surface area contributed by atoms with Crippen LogP contribution in [0.1, 0.15) is 102 Å². The number of ether oxygens (including phenoxy) is 2. The van der Waals surface area contributed by atoms with E-state index in [9.17, 15) is 10.4 Å². The fourth-order valence-electron chi connectivity index (χ4n) is 4.91. The molecule has 0 bridgehead atoms. The van der Waals surface area contributed by atoms with E-state index in [0.717, 1.165) is 19.3 Å². The predicted octanol–water partition coefficient (Wildman–Crippen LogP) is 5.25. The Bertz CT molecular complexity index is 511. The first-order valence-corrected chi connectivity index (χ1v) is 11.1. The molecular weight excluding hydrogens is 368 g/mol. The lowest BCUT2D eigenvalue weighted by Gasteiger charge is -2.51. The molecule has 2 heterocycles. The summed E-state index contributed by atoms with van der Waals surface area (Å²) in [6.07, 6.45) is 3.44. The predicted molar refractivity (Wildman–Crippen MR) is 117 cm³/mol. The minimum Gasteiger partial charge on any atom is -0.375 e. The summed E-state index contributed by atoms with van der Waals surface area (Å²) in [7, 11) is 0. The van der Waals surface area contributed by atoms with Gasteiger partial charge in [-0.05, 0) is 102 Å². The molecule has 0 spiro atoms. The number of hydroxylamine groups is 4. The van der Waals surface area contributed by atoms with Gasteiger partial charge in [0.05, 0.1) is 30.0 Å². The van der Waals surface area contributed by atoms with Crippen LogP contribution >= 0.6 is 0 Å². The van der Waals surface area contributed by atoms with Crippen LogP contribution < -0.4 is 0 Å². The van der Waals surface area contributed by atoms with Gasteiger partial charge in [-0.2, -0.15) is 10.1 Å². The van der Waals surface area contributed by atoms with E-state index >= 15 is 0 Å². The van der Waals surface area contributed by atoms with E-state index in [2.05, 4.69) is 41.5 Å². The number of nitrogens with zero attached hydrogens (tertiary/aromatic N) is 2. The second-order valence-electron chi connectivity index (χ2n) is 11.8. The third kappa shape index (κ3) is 6.62. The zero-order valence-corrected chi connectivity index (χ0v) is 21.0. The highest BCUT2D eigenvalue weighted by Gasteiger charge is 2.52. The maximum Gasteiger partial charge on any atom is 0.0798 e.